The molecule has 1 saturated heterocycles. The molecule has 0 bridgehead atoms. The Hall–Kier alpha value is -2.88. The van der Waals surface area contributed by atoms with E-state index in [1.807, 2.05) is 0 Å². The maximum absolute atomic E-state index is 12.9. The molecule has 0 spiro atoms. The minimum Gasteiger partial charge on any atom is -0.344 e. The fourth-order valence-electron chi connectivity index (χ4n) is 3.52. The van der Waals surface area contributed by atoms with E-state index >= 15 is 0 Å². The van der Waals surface area contributed by atoms with Gasteiger partial charge in [-0.25, -0.2) is 8.42 Å². The van der Waals surface area contributed by atoms with Gasteiger partial charge >= 0.3 is 6.18 Å². The van der Waals surface area contributed by atoms with Crippen LogP contribution in [0.5, 0.6) is 0 Å². The summed E-state index contributed by atoms with van der Waals surface area (Å²) in [4.78, 5) is 26.8. The Bertz CT molecular complexity index is 1080. The lowest BCUT2D eigenvalue weighted by molar-refractivity contribution is -0.138. The smallest absolute Gasteiger partial charge is 0.344 e. The van der Waals surface area contributed by atoms with Crippen molar-refractivity contribution in [1.29, 1.82) is 0 Å². The number of hydrogen-bond acceptors (Lipinski definition) is 4. The average molecular weight is 440 g/mol. The van der Waals surface area contributed by atoms with Gasteiger partial charge < -0.3 is 10.2 Å². The highest BCUT2D eigenvalue weighted by atomic mass is 32.2. The molecule has 6 nitrogen and oxygen atoms in total. The lowest BCUT2D eigenvalue weighted by Gasteiger charge is -2.18. The zero-order valence-corrected chi connectivity index (χ0v) is 16.9. The standard InChI is InChI=1S/C20H19F3N2O4S/c1-25-11-14(12-7-9-13(10-8-12)20(21,22)23)17(19(25)27)18(26)24-15-5-3-4-6-16(15)30(2,28)29/h3-10,14,17H,11H2,1-2H3,(H,24,26)/t14-,17+/m1/s1. The van der Waals surface area contributed by atoms with Gasteiger partial charge in [0, 0.05) is 25.8 Å². The SMILES string of the molecule is CN1C[C@H](c2ccc(C(F)(F)F)cc2)[C@@H](C(=O)Nc2ccccc2S(C)(=O)=O)C1=O. The fraction of sp³-hybridized carbons (Fsp3) is 0.300. The van der Waals surface area contributed by atoms with Crippen LogP contribution in [-0.2, 0) is 25.6 Å². The Kier molecular flexibility index (Phi) is 5.64. The number of nitrogens with zero attached hydrogens (tertiary/aromatic N) is 1. The highest BCUT2D eigenvalue weighted by Gasteiger charge is 2.44. The van der Waals surface area contributed by atoms with Gasteiger partial charge in [-0.3, -0.25) is 9.59 Å². The second-order valence-electron chi connectivity index (χ2n) is 7.18. The third-order valence-corrected chi connectivity index (χ3v) is 6.16. The summed E-state index contributed by atoms with van der Waals surface area (Å²) < 4.78 is 62.4. The van der Waals surface area contributed by atoms with Crippen LogP contribution in [0.4, 0.5) is 18.9 Å². The number of carbonyl (C=O) groups is 2. The van der Waals surface area contributed by atoms with Crippen LogP contribution in [0.3, 0.4) is 0 Å². The molecule has 1 aliphatic heterocycles. The Balaban J connectivity index is 1.91. The second kappa shape index (κ2) is 7.75. The number of sulfone groups is 1. The molecule has 1 N–H and O–H groups in total. The van der Waals surface area contributed by atoms with Crippen molar-refractivity contribution in [1.82, 2.24) is 4.90 Å². The molecule has 0 saturated carbocycles. The van der Waals surface area contributed by atoms with Gasteiger partial charge in [0.1, 0.15) is 5.92 Å². The molecule has 10 heteroatoms. The number of anilines is 1. The summed E-state index contributed by atoms with van der Waals surface area (Å²) in [5.41, 5.74) is -0.372. The first-order valence-electron chi connectivity index (χ1n) is 8.91. The summed E-state index contributed by atoms with van der Waals surface area (Å²) in [5, 5.41) is 2.50. The summed E-state index contributed by atoms with van der Waals surface area (Å²) in [5.74, 6) is -3.07. The summed E-state index contributed by atoms with van der Waals surface area (Å²) in [7, 11) is -2.13. The molecule has 1 aliphatic rings. The Morgan fingerprint density at radius 3 is 2.27 bits per heavy atom. The number of carbonyl (C=O) groups excluding carboxylic acids is 2. The first kappa shape index (κ1) is 21.8. The third kappa shape index (κ3) is 4.33. The minimum atomic E-state index is -4.49. The molecule has 2 aromatic rings. The predicted octanol–water partition coefficient (Wildman–Crippen LogP) is 2.92. The van der Waals surface area contributed by atoms with Crippen LogP contribution in [0.25, 0.3) is 0 Å². The third-order valence-electron chi connectivity index (χ3n) is 5.01. The number of likely N-dealkylation sites (N-methyl/N-ethyl adjacent to an activating group) is 1. The molecule has 2 aromatic carbocycles. The van der Waals surface area contributed by atoms with E-state index < -0.39 is 45.2 Å². The second-order valence-corrected chi connectivity index (χ2v) is 9.16. The van der Waals surface area contributed by atoms with E-state index in [1.165, 1.54) is 42.3 Å². The number of amides is 2. The topological polar surface area (TPSA) is 83.6 Å². The van der Waals surface area contributed by atoms with E-state index in [2.05, 4.69) is 5.32 Å². The molecule has 0 radical (unpaired) electrons. The van der Waals surface area contributed by atoms with Gasteiger partial charge in [0.15, 0.2) is 9.84 Å². The van der Waals surface area contributed by atoms with E-state index in [0.29, 0.717) is 5.56 Å². The normalized spacial score (nSPS) is 19.8. The van der Waals surface area contributed by atoms with Crippen molar-refractivity contribution in [3.63, 3.8) is 0 Å². The van der Waals surface area contributed by atoms with Crippen molar-refractivity contribution < 1.29 is 31.2 Å². The molecule has 3 rings (SSSR count). The largest absolute Gasteiger partial charge is 0.416 e. The number of benzene rings is 2. The molecular formula is C20H19F3N2O4S. The van der Waals surface area contributed by atoms with Crippen molar-refractivity contribution in [2.45, 2.75) is 17.0 Å². The van der Waals surface area contributed by atoms with E-state index in [1.54, 1.807) is 6.07 Å². The van der Waals surface area contributed by atoms with Crippen LogP contribution >= 0.6 is 0 Å². The van der Waals surface area contributed by atoms with E-state index in [4.69, 9.17) is 0 Å². The van der Waals surface area contributed by atoms with Crippen molar-refractivity contribution in [3.05, 3.63) is 59.7 Å². The minimum absolute atomic E-state index is 0.0403. The summed E-state index contributed by atoms with van der Waals surface area (Å²) in [6.07, 6.45) is -3.50. The first-order chi connectivity index (χ1) is 13.9. The molecule has 0 aliphatic carbocycles. The zero-order valence-electron chi connectivity index (χ0n) is 16.1. The van der Waals surface area contributed by atoms with E-state index in [-0.39, 0.29) is 17.1 Å². The predicted molar refractivity (Wildman–Crippen MR) is 103 cm³/mol. The molecule has 30 heavy (non-hydrogen) atoms. The van der Waals surface area contributed by atoms with Crippen molar-refractivity contribution in [2.75, 3.05) is 25.2 Å². The number of rotatable bonds is 4. The summed E-state index contributed by atoms with van der Waals surface area (Å²) in [6, 6.07) is 10.1. The number of hydrogen-bond donors (Lipinski definition) is 1. The molecular weight excluding hydrogens is 421 g/mol. The highest BCUT2D eigenvalue weighted by Crippen LogP contribution is 2.36. The van der Waals surface area contributed by atoms with Crippen LogP contribution in [0, 0.1) is 5.92 Å². The van der Waals surface area contributed by atoms with E-state index in [9.17, 15) is 31.2 Å². The van der Waals surface area contributed by atoms with Crippen LogP contribution in [0.15, 0.2) is 53.4 Å². The van der Waals surface area contributed by atoms with Gasteiger partial charge in [0.05, 0.1) is 16.1 Å². The highest BCUT2D eigenvalue weighted by molar-refractivity contribution is 7.90. The maximum Gasteiger partial charge on any atom is 0.416 e. The average Bonchev–Trinajstić information content (AvgIpc) is 2.95. The van der Waals surface area contributed by atoms with Gasteiger partial charge in [0.25, 0.3) is 0 Å². The molecule has 0 unspecified atom stereocenters. The number of halogens is 3. The van der Waals surface area contributed by atoms with Crippen molar-refractivity contribution >= 4 is 27.3 Å². The summed E-state index contributed by atoms with van der Waals surface area (Å²) >= 11 is 0. The number of alkyl halides is 3. The zero-order chi connectivity index (χ0) is 22.3. The fourth-order valence-corrected chi connectivity index (χ4v) is 4.36. The number of likely N-dealkylation sites (tertiary alicyclic amines) is 1. The van der Waals surface area contributed by atoms with Crippen LogP contribution in [0.2, 0.25) is 0 Å². The van der Waals surface area contributed by atoms with Crippen LogP contribution in [-0.4, -0.2) is 45.0 Å². The van der Waals surface area contributed by atoms with Gasteiger partial charge in [-0.15, -0.1) is 0 Å². The van der Waals surface area contributed by atoms with Crippen LogP contribution in [0.1, 0.15) is 17.0 Å². The molecule has 2 atom stereocenters. The Morgan fingerprint density at radius 2 is 1.70 bits per heavy atom. The van der Waals surface area contributed by atoms with Gasteiger partial charge in [0.2, 0.25) is 11.8 Å². The molecule has 2 amide bonds. The van der Waals surface area contributed by atoms with Gasteiger partial charge in [-0.2, -0.15) is 13.2 Å². The number of para-hydroxylation sites is 1. The Labute approximate surface area is 171 Å². The maximum atomic E-state index is 12.9. The van der Waals surface area contributed by atoms with Crippen LogP contribution < -0.4 is 5.32 Å². The lowest BCUT2D eigenvalue weighted by Crippen LogP contribution is -2.33. The molecule has 1 fully saturated rings. The first-order valence-corrected chi connectivity index (χ1v) is 10.8. The van der Waals surface area contributed by atoms with Crippen molar-refractivity contribution in [2.24, 2.45) is 5.92 Å². The van der Waals surface area contributed by atoms with Crippen molar-refractivity contribution in [3.8, 4) is 0 Å². The van der Waals surface area contributed by atoms with E-state index in [0.717, 1.165) is 18.4 Å². The lowest BCUT2D eigenvalue weighted by atomic mass is 9.87. The molecule has 1 heterocycles. The Morgan fingerprint density at radius 1 is 1.10 bits per heavy atom. The summed E-state index contributed by atoms with van der Waals surface area (Å²) in [6.45, 7) is 0.149. The van der Waals surface area contributed by atoms with Gasteiger partial charge in [-0.05, 0) is 29.8 Å². The quantitative estimate of drug-likeness (QED) is 0.741. The molecule has 0 aromatic heterocycles. The molecule has 160 valence electrons. The van der Waals surface area contributed by atoms with Gasteiger partial charge in [-0.1, -0.05) is 24.3 Å². The number of nitrogens with one attached hydrogen (secondary N) is 1. The monoisotopic (exact) mass is 440 g/mol.